The molecular weight excluding hydrogens is 240 g/mol. The number of carbonyl (C=O) groups is 1. The number of rotatable bonds is 4. The Bertz CT molecular complexity index is 460. The first-order valence-corrected chi connectivity index (χ1v) is 7.02. The predicted molar refractivity (Wildman–Crippen MR) is 75.0 cm³/mol. The molecule has 0 aromatic carbocycles. The molecule has 0 spiro atoms. The molecule has 2 rings (SSSR count). The molecule has 0 bridgehead atoms. The summed E-state index contributed by atoms with van der Waals surface area (Å²) in [4.78, 5) is 12.0. The van der Waals surface area contributed by atoms with E-state index >= 15 is 0 Å². The number of hydrogen-bond donors (Lipinski definition) is 2. The van der Waals surface area contributed by atoms with E-state index < -0.39 is 0 Å². The molecule has 1 amide bonds. The van der Waals surface area contributed by atoms with E-state index in [0.717, 1.165) is 31.5 Å². The van der Waals surface area contributed by atoms with Gasteiger partial charge < -0.3 is 10.6 Å². The van der Waals surface area contributed by atoms with Crippen LogP contribution in [-0.4, -0.2) is 34.3 Å². The lowest BCUT2D eigenvalue weighted by atomic mass is 10.0. The zero-order chi connectivity index (χ0) is 14.0. The minimum absolute atomic E-state index is 0.00135. The van der Waals surface area contributed by atoms with Gasteiger partial charge in [-0.2, -0.15) is 5.10 Å². The number of nitrogens with zero attached hydrogens (tertiary/aromatic N) is 2. The first-order valence-electron chi connectivity index (χ1n) is 7.02. The Kier molecular flexibility index (Phi) is 4.24. The van der Waals surface area contributed by atoms with Crippen LogP contribution in [0, 0.1) is 13.8 Å². The third kappa shape index (κ3) is 3.15. The number of hydrogen-bond acceptors (Lipinski definition) is 3. The number of aromatic nitrogens is 2. The van der Waals surface area contributed by atoms with E-state index in [1.165, 1.54) is 11.3 Å². The number of nitrogens with one attached hydrogen (secondary N) is 2. The summed E-state index contributed by atoms with van der Waals surface area (Å²) in [5.41, 5.74) is 3.48. The normalized spacial score (nSPS) is 20.5. The van der Waals surface area contributed by atoms with Crippen LogP contribution in [0.3, 0.4) is 0 Å². The molecule has 2 atom stereocenters. The summed E-state index contributed by atoms with van der Waals surface area (Å²) < 4.78 is 1.90. The number of aryl methyl sites for hydroxylation is 2. The van der Waals surface area contributed by atoms with Gasteiger partial charge >= 0.3 is 0 Å². The van der Waals surface area contributed by atoms with Crippen molar-refractivity contribution in [1.29, 1.82) is 0 Å². The van der Waals surface area contributed by atoms with Gasteiger partial charge in [-0.05, 0) is 52.1 Å². The molecular formula is C14H24N4O. The molecule has 1 aliphatic rings. The molecule has 1 aromatic rings. The van der Waals surface area contributed by atoms with Crippen molar-refractivity contribution in [3.63, 3.8) is 0 Å². The predicted octanol–water partition coefficient (Wildman–Crippen LogP) is 0.836. The van der Waals surface area contributed by atoms with Crippen molar-refractivity contribution in [3.05, 3.63) is 17.0 Å². The zero-order valence-corrected chi connectivity index (χ0v) is 12.3. The van der Waals surface area contributed by atoms with Gasteiger partial charge in [-0.1, -0.05) is 0 Å². The molecule has 2 unspecified atom stereocenters. The highest BCUT2D eigenvalue weighted by Gasteiger charge is 2.23. The van der Waals surface area contributed by atoms with E-state index in [2.05, 4.69) is 29.6 Å². The summed E-state index contributed by atoms with van der Waals surface area (Å²) in [7, 11) is 1.96. The van der Waals surface area contributed by atoms with Gasteiger partial charge in [0, 0.05) is 18.8 Å². The van der Waals surface area contributed by atoms with Crippen LogP contribution in [0.2, 0.25) is 0 Å². The molecule has 5 nitrogen and oxygen atoms in total. The molecule has 2 heterocycles. The van der Waals surface area contributed by atoms with Crippen molar-refractivity contribution in [1.82, 2.24) is 20.4 Å². The zero-order valence-electron chi connectivity index (χ0n) is 12.3. The summed E-state index contributed by atoms with van der Waals surface area (Å²) in [5.74, 6) is 0.129. The summed E-state index contributed by atoms with van der Waals surface area (Å²) in [6.07, 6.45) is 2.88. The SMILES string of the molecule is Cc1nn(C)c(C)c1CC(C)NC(=O)C1CCCN1. The smallest absolute Gasteiger partial charge is 0.237 e. The van der Waals surface area contributed by atoms with Crippen molar-refractivity contribution in [2.75, 3.05) is 6.54 Å². The first kappa shape index (κ1) is 14.1. The number of amides is 1. The molecule has 1 fully saturated rings. The quantitative estimate of drug-likeness (QED) is 0.847. The van der Waals surface area contributed by atoms with Crippen LogP contribution in [0.1, 0.15) is 36.7 Å². The summed E-state index contributed by atoms with van der Waals surface area (Å²) in [5, 5.41) is 10.7. The minimum Gasteiger partial charge on any atom is -0.352 e. The van der Waals surface area contributed by atoms with E-state index in [1.54, 1.807) is 0 Å². The van der Waals surface area contributed by atoms with Crippen LogP contribution in [0.4, 0.5) is 0 Å². The van der Waals surface area contributed by atoms with Crippen LogP contribution in [0.5, 0.6) is 0 Å². The highest BCUT2D eigenvalue weighted by atomic mass is 16.2. The maximum absolute atomic E-state index is 12.0. The molecule has 0 saturated carbocycles. The standard InChI is InChI=1S/C14H24N4O/c1-9(16-14(19)13-6-5-7-15-13)8-12-10(2)17-18(4)11(12)3/h9,13,15H,5-8H2,1-4H3,(H,16,19). The molecule has 1 aromatic heterocycles. The summed E-state index contributed by atoms with van der Waals surface area (Å²) in [6.45, 7) is 7.10. The monoisotopic (exact) mass is 264 g/mol. The largest absolute Gasteiger partial charge is 0.352 e. The van der Waals surface area contributed by atoms with Crippen LogP contribution >= 0.6 is 0 Å². The van der Waals surface area contributed by atoms with Gasteiger partial charge in [-0.25, -0.2) is 0 Å². The first-order chi connectivity index (χ1) is 8.99. The molecule has 1 aliphatic heterocycles. The Balaban J connectivity index is 1.93. The summed E-state index contributed by atoms with van der Waals surface area (Å²) in [6, 6.07) is 0.134. The Morgan fingerprint density at radius 1 is 1.58 bits per heavy atom. The van der Waals surface area contributed by atoms with E-state index in [4.69, 9.17) is 0 Å². The van der Waals surface area contributed by atoms with E-state index in [-0.39, 0.29) is 18.0 Å². The van der Waals surface area contributed by atoms with Crippen molar-refractivity contribution >= 4 is 5.91 Å². The average Bonchev–Trinajstić information content (AvgIpc) is 2.94. The topological polar surface area (TPSA) is 59.0 Å². The van der Waals surface area contributed by atoms with Crippen LogP contribution in [0.25, 0.3) is 0 Å². The Morgan fingerprint density at radius 3 is 2.84 bits per heavy atom. The Labute approximate surface area is 114 Å². The molecule has 5 heteroatoms. The lowest BCUT2D eigenvalue weighted by Crippen LogP contribution is -2.44. The molecule has 19 heavy (non-hydrogen) atoms. The van der Waals surface area contributed by atoms with Gasteiger partial charge in [0.2, 0.25) is 5.91 Å². The summed E-state index contributed by atoms with van der Waals surface area (Å²) >= 11 is 0. The fourth-order valence-corrected chi connectivity index (χ4v) is 2.72. The van der Waals surface area contributed by atoms with Crippen LogP contribution in [-0.2, 0) is 18.3 Å². The van der Waals surface area contributed by atoms with E-state index in [1.807, 2.05) is 18.7 Å². The van der Waals surface area contributed by atoms with Crippen LogP contribution in [0.15, 0.2) is 0 Å². The van der Waals surface area contributed by atoms with Crippen molar-refractivity contribution in [2.24, 2.45) is 7.05 Å². The fraction of sp³-hybridized carbons (Fsp3) is 0.714. The molecule has 1 saturated heterocycles. The van der Waals surface area contributed by atoms with Gasteiger partial charge in [0.1, 0.15) is 0 Å². The van der Waals surface area contributed by atoms with Crippen molar-refractivity contribution in [2.45, 2.75) is 52.1 Å². The van der Waals surface area contributed by atoms with Crippen LogP contribution < -0.4 is 10.6 Å². The Hall–Kier alpha value is -1.36. The molecule has 2 N–H and O–H groups in total. The van der Waals surface area contributed by atoms with Gasteiger partial charge in [-0.3, -0.25) is 9.48 Å². The van der Waals surface area contributed by atoms with E-state index in [9.17, 15) is 4.79 Å². The second-order valence-corrected chi connectivity index (χ2v) is 5.54. The molecule has 106 valence electrons. The third-order valence-corrected chi connectivity index (χ3v) is 3.93. The lowest BCUT2D eigenvalue weighted by Gasteiger charge is -2.17. The lowest BCUT2D eigenvalue weighted by molar-refractivity contribution is -0.123. The van der Waals surface area contributed by atoms with Crippen molar-refractivity contribution < 1.29 is 4.79 Å². The van der Waals surface area contributed by atoms with Gasteiger partial charge in [-0.15, -0.1) is 0 Å². The maximum Gasteiger partial charge on any atom is 0.237 e. The van der Waals surface area contributed by atoms with Crippen molar-refractivity contribution in [3.8, 4) is 0 Å². The average molecular weight is 264 g/mol. The number of carbonyl (C=O) groups excluding carboxylic acids is 1. The minimum atomic E-state index is -0.00135. The molecule has 0 radical (unpaired) electrons. The van der Waals surface area contributed by atoms with Gasteiger partial charge in [0.25, 0.3) is 0 Å². The Morgan fingerprint density at radius 2 is 2.32 bits per heavy atom. The maximum atomic E-state index is 12.0. The third-order valence-electron chi connectivity index (χ3n) is 3.93. The highest BCUT2D eigenvalue weighted by Crippen LogP contribution is 2.14. The second-order valence-electron chi connectivity index (χ2n) is 5.54. The molecule has 0 aliphatic carbocycles. The van der Waals surface area contributed by atoms with Gasteiger partial charge in [0.15, 0.2) is 0 Å². The second kappa shape index (κ2) is 5.74. The highest BCUT2D eigenvalue weighted by molar-refractivity contribution is 5.82. The van der Waals surface area contributed by atoms with Gasteiger partial charge in [0.05, 0.1) is 11.7 Å². The fourth-order valence-electron chi connectivity index (χ4n) is 2.72. The van der Waals surface area contributed by atoms with E-state index in [0.29, 0.717) is 0 Å².